The van der Waals surface area contributed by atoms with Gasteiger partial charge in [-0.05, 0) is 42.0 Å². The molecule has 4 aromatic rings. The normalized spacial score (nSPS) is 10.8. The molecule has 8 heteroatoms. The Labute approximate surface area is 182 Å². The van der Waals surface area contributed by atoms with Crippen LogP contribution in [-0.4, -0.2) is 27.7 Å². The van der Waals surface area contributed by atoms with Gasteiger partial charge in [-0.25, -0.2) is 4.98 Å². The summed E-state index contributed by atoms with van der Waals surface area (Å²) in [6.45, 7) is 0.166. The highest BCUT2D eigenvalue weighted by Gasteiger charge is 2.23. The van der Waals surface area contributed by atoms with E-state index in [9.17, 15) is 14.7 Å². The van der Waals surface area contributed by atoms with Crippen molar-refractivity contribution in [3.63, 3.8) is 0 Å². The zero-order chi connectivity index (χ0) is 22.0. The molecule has 0 saturated carbocycles. The van der Waals surface area contributed by atoms with E-state index in [1.165, 1.54) is 17.9 Å². The molecule has 2 aromatic carbocycles. The lowest BCUT2D eigenvalue weighted by molar-refractivity contribution is 0.0946. The molecule has 0 aliphatic heterocycles. The van der Waals surface area contributed by atoms with Crippen LogP contribution < -0.4 is 15.6 Å². The van der Waals surface area contributed by atoms with E-state index in [0.717, 1.165) is 5.56 Å². The SMILES string of the molecule is COc1cccc(-n2c(=O)c(C(=O)NCc3ccc(Cl)cc3)c(O)c3cccnc32)c1. The predicted molar refractivity (Wildman–Crippen MR) is 118 cm³/mol. The van der Waals surface area contributed by atoms with Crippen molar-refractivity contribution in [2.75, 3.05) is 7.11 Å². The van der Waals surface area contributed by atoms with E-state index in [1.54, 1.807) is 60.7 Å². The average molecular weight is 436 g/mol. The Bertz CT molecular complexity index is 1330. The monoisotopic (exact) mass is 435 g/mol. The number of hydrogen-bond donors (Lipinski definition) is 2. The van der Waals surface area contributed by atoms with Crippen LogP contribution in [0.5, 0.6) is 11.5 Å². The maximum atomic E-state index is 13.3. The van der Waals surface area contributed by atoms with Gasteiger partial charge < -0.3 is 15.2 Å². The molecule has 0 spiro atoms. The number of rotatable bonds is 5. The first-order chi connectivity index (χ1) is 15.0. The smallest absolute Gasteiger partial charge is 0.273 e. The molecule has 0 fully saturated rings. The molecule has 31 heavy (non-hydrogen) atoms. The number of aromatic hydroxyl groups is 1. The summed E-state index contributed by atoms with van der Waals surface area (Å²) in [5.41, 5.74) is 0.433. The number of fused-ring (bicyclic) bond motifs is 1. The van der Waals surface area contributed by atoms with E-state index in [1.807, 2.05) is 0 Å². The summed E-state index contributed by atoms with van der Waals surface area (Å²) < 4.78 is 6.54. The lowest BCUT2D eigenvalue weighted by Gasteiger charge is -2.15. The van der Waals surface area contributed by atoms with Crippen molar-refractivity contribution < 1.29 is 14.6 Å². The van der Waals surface area contributed by atoms with Crippen LogP contribution >= 0.6 is 11.6 Å². The molecule has 0 aliphatic rings. The molecular formula is C23H18ClN3O4. The van der Waals surface area contributed by atoms with Gasteiger partial charge in [0.1, 0.15) is 17.1 Å². The molecule has 2 N–H and O–H groups in total. The minimum Gasteiger partial charge on any atom is -0.506 e. The molecule has 0 radical (unpaired) electrons. The molecule has 1 amide bonds. The van der Waals surface area contributed by atoms with Crippen LogP contribution in [0.4, 0.5) is 0 Å². The van der Waals surface area contributed by atoms with E-state index in [0.29, 0.717) is 16.5 Å². The second-order valence-electron chi connectivity index (χ2n) is 6.75. The zero-order valence-corrected chi connectivity index (χ0v) is 17.3. The van der Waals surface area contributed by atoms with Gasteiger partial charge >= 0.3 is 0 Å². The number of carbonyl (C=O) groups is 1. The third kappa shape index (κ3) is 3.95. The van der Waals surface area contributed by atoms with Gasteiger partial charge in [0.05, 0.1) is 18.2 Å². The first kappa shape index (κ1) is 20.4. The Morgan fingerprint density at radius 3 is 2.68 bits per heavy atom. The summed E-state index contributed by atoms with van der Waals surface area (Å²) in [6, 6.07) is 17.0. The maximum Gasteiger partial charge on any atom is 0.273 e. The van der Waals surface area contributed by atoms with Crippen molar-refractivity contribution >= 4 is 28.5 Å². The molecule has 7 nitrogen and oxygen atoms in total. The van der Waals surface area contributed by atoms with E-state index >= 15 is 0 Å². The van der Waals surface area contributed by atoms with Gasteiger partial charge in [-0.2, -0.15) is 0 Å². The summed E-state index contributed by atoms with van der Waals surface area (Å²) in [4.78, 5) is 30.5. The summed E-state index contributed by atoms with van der Waals surface area (Å²) >= 11 is 5.89. The molecule has 0 aliphatic carbocycles. The van der Waals surface area contributed by atoms with Gasteiger partial charge in [-0.3, -0.25) is 14.2 Å². The first-order valence-electron chi connectivity index (χ1n) is 9.39. The number of nitrogens with one attached hydrogen (secondary N) is 1. The van der Waals surface area contributed by atoms with E-state index < -0.39 is 17.2 Å². The van der Waals surface area contributed by atoms with Gasteiger partial charge in [-0.15, -0.1) is 0 Å². The molecule has 4 rings (SSSR count). The third-order valence-corrected chi connectivity index (χ3v) is 5.06. The van der Waals surface area contributed by atoms with Crippen molar-refractivity contribution in [2.24, 2.45) is 0 Å². The molecular weight excluding hydrogens is 418 g/mol. The highest BCUT2D eigenvalue weighted by atomic mass is 35.5. The van der Waals surface area contributed by atoms with Gasteiger partial charge in [0.15, 0.2) is 5.65 Å². The van der Waals surface area contributed by atoms with Crippen LogP contribution in [0, 0.1) is 0 Å². The zero-order valence-electron chi connectivity index (χ0n) is 16.5. The van der Waals surface area contributed by atoms with Crippen molar-refractivity contribution in [1.82, 2.24) is 14.9 Å². The molecule has 0 unspecified atom stereocenters. The number of carbonyl (C=O) groups excluding carboxylic acids is 1. The number of halogens is 1. The minimum absolute atomic E-state index is 0.166. The average Bonchev–Trinajstić information content (AvgIpc) is 2.79. The first-order valence-corrected chi connectivity index (χ1v) is 9.77. The number of ether oxygens (including phenoxy) is 1. The maximum absolute atomic E-state index is 13.3. The number of nitrogens with zero attached hydrogens (tertiary/aromatic N) is 2. The van der Waals surface area contributed by atoms with E-state index in [4.69, 9.17) is 16.3 Å². The van der Waals surface area contributed by atoms with Crippen LogP contribution in [0.2, 0.25) is 5.02 Å². The number of amides is 1. The molecule has 0 atom stereocenters. The Kier molecular flexibility index (Phi) is 5.60. The number of methoxy groups -OCH3 is 1. The molecule has 2 aromatic heterocycles. The van der Waals surface area contributed by atoms with E-state index in [2.05, 4.69) is 10.3 Å². The lowest BCUT2D eigenvalue weighted by Crippen LogP contribution is -2.33. The molecule has 2 heterocycles. The second-order valence-corrected chi connectivity index (χ2v) is 7.19. The summed E-state index contributed by atoms with van der Waals surface area (Å²) in [6.07, 6.45) is 1.51. The van der Waals surface area contributed by atoms with Crippen molar-refractivity contribution in [3.8, 4) is 17.2 Å². The number of hydrogen-bond acceptors (Lipinski definition) is 5. The Morgan fingerprint density at radius 1 is 1.16 bits per heavy atom. The predicted octanol–water partition coefficient (Wildman–Crippen LogP) is 3.68. The molecule has 156 valence electrons. The highest BCUT2D eigenvalue weighted by Crippen LogP contribution is 2.27. The summed E-state index contributed by atoms with van der Waals surface area (Å²) in [7, 11) is 1.52. The third-order valence-electron chi connectivity index (χ3n) is 4.81. The van der Waals surface area contributed by atoms with Crippen LogP contribution in [-0.2, 0) is 6.54 Å². The van der Waals surface area contributed by atoms with Gasteiger partial charge in [0, 0.05) is 23.8 Å². The minimum atomic E-state index is -0.695. The van der Waals surface area contributed by atoms with Crippen LogP contribution in [0.1, 0.15) is 15.9 Å². The summed E-state index contributed by atoms with van der Waals surface area (Å²) in [5, 5.41) is 14.3. The van der Waals surface area contributed by atoms with Gasteiger partial charge in [0.25, 0.3) is 11.5 Å². The van der Waals surface area contributed by atoms with E-state index in [-0.39, 0.29) is 23.1 Å². The Morgan fingerprint density at radius 2 is 1.94 bits per heavy atom. The van der Waals surface area contributed by atoms with Crippen LogP contribution in [0.15, 0.2) is 71.7 Å². The van der Waals surface area contributed by atoms with Gasteiger partial charge in [-0.1, -0.05) is 29.8 Å². The summed E-state index contributed by atoms with van der Waals surface area (Å²) in [5.74, 6) is -0.573. The van der Waals surface area contributed by atoms with Gasteiger partial charge in [0.2, 0.25) is 0 Å². The molecule has 0 saturated heterocycles. The standard InChI is InChI=1S/C23H18ClN3O4/c1-31-17-5-2-4-16(12-17)27-21-18(6-3-11-25-21)20(28)19(23(27)30)22(29)26-13-14-7-9-15(24)10-8-14/h2-12,28H,13H2,1H3,(H,26,29). The second kappa shape index (κ2) is 8.49. The molecule has 0 bridgehead atoms. The Balaban J connectivity index is 1.82. The highest BCUT2D eigenvalue weighted by molar-refractivity contribution is 6.30. The lowest BCUT2D eigenvalue weighted by atomic mass is 10.1. The topological polar surface area (TPSA) is 93.5 Å². The number of benzene rings is 2. The number of aromatic nitrogens is 2. The fraction of sp³-hybridized carbons (Fsp3) is 0.0870. The van der Waals surface area contributed by atoms with Crippen molar-refractivity contribution in [1.29, 1.82) is 0 Å². The fourth-order valence-electron chi connectivity index (χ4n) is 3.27. The number of pyridine rings is 2. The van der Waals surface area contributed by atoms with Crippen LogP contribution in [0.3, 0.4) is 0 Å². The van der Waals surface area contributed by atoms with Crippen molar-refractivity contribution in [2.45, 2.75) is 6.54 Å². The quantitative estimate of drug-likeness (QED) is 0.498. The largest absolute Gasteiger partial charge is 0.506 e. The fourth-order valence-corrected chi connectivity index (χ4v) is 3.40. The Hall–Kier alpha value is -3.84. The van der Waals surface area contributed by atoms with Crippen LogP contribution in [0.25, 0.3) is 16.7 Å². The van der Waals surface area contributed by atoms with Crippen molar-refractivity contribution in [3.05, 3.63) is 93.4 Å².